The van der Waals surface area contributed by atoms with Crippen LogP contribution in [0.15, 0.2) is 125 Å². The lowest BCUT2D eigenvalue weighted by Gasteiger charge is -2.69. The van der Waals surface area contributed by atoms with E-state index in [9.17, 15) is 73.8 Å². The number of benzene rings is 3. The smallest absolute Gasteiger partial charge is 0.338 e. The van der Waals surface area contributed by atoms with Crippen molar-refractivity contribution in [3.05, 3.63) is 142 Å². The van der Waals surface area contributed by atoms with E-state index in [0.717, 1.165) is 6.92 Å². The van der Waals surface area contributed by atoms with E-state index in [2.05, 4.69) is 5.32 Å². The number of rotatable bonds is 15. The van der Waals surface area contributed by atoms with Crippen molar-refractivity contribution in [1.82, 2.24) is 5.32 Å². The van der Waals surface area contributed by atoms with Crippen molar-refractivity contribution in [2.75, 3.05) is 0 Å². The quantitative estimate of drug-likeness (QED) is 0.0336. The number of nitrogens with one attached hydrogen (secondary N) is 1. The third-order valence-electron chi connectivity index (χ3n) is 25.1. The summed E-state index contributed by atoms with van der Waals surface area (Å²) in [7, 11) is 0. The second-order valence-corrected chi connectivity index (χ2v) is 31.4. The molecule has 4 bridgehead atoms. The van der Waals surface area contributed by atoms with Crippen molar-refractivity contribution in [3.8, 4) is 0 Å². The first kappa shape index (κ1) is 79.1. The number of Topliss-reactive ketones (excluding diaryl/α,β-unsaturated/α-hetero) is 1. The minimum Gasteiger partial charge on any atom is -0.458 e. The highest BCUT2D eigenvalue weighted by atomic mass is 16.6. The van der Waals surface area contributed by atoms with Crippen molar-refractivity contribution in [1.29, 1.82) is 0 Å². The van der Waals surface area contributed by atoms with Gasteiger partial charge in [-0.3, -0.25) is 33.6 Å². The van der Waals surface area contributed by atoms with Crippen LogP contribution in [-0.2, 0) is 76.3 Å². The first-order valence-corrected chi connectivity index (χ1v) is 35.8. The zero-order chi connectivity index (χ0) is 77.4. The van der Waals surface area contributed by atoms with E-state index in [4.69, 9.17) is 37.9 Å². The highest BCUT2D eigenvalue weighted by Crippen LogP contribution is 2.70. The summed E-state index contributed by atoms with van der Waals surface area (Å²) in [4.78, 5) is 135. The summed E-state index contributed by atoms with van der Waals surface area (Å²) in [6.07, 6.45) is -12.6. The van der Waals surface area contributed by atoms with Gasteiger partial charge in [-0.15, -0.1) is 0 Å². The first-order valence-electron chi connectivity index (χ1n) is 35.8. The number of esters is 8. The molecule has 1 amide bonds. The summed E-state index contributed by atoms with van der Waals surface area (Å²) in [5, 5.41) is 77.7. The molecule has 25 nitrogen and oxygen atoms in total. The molecule has 0 saturated heterocycles. The zero-order valence-electron chi connectivity index (χ0n) is 62.1. The molecule has 11 rings (SSSR count). The normalized spacial score (nSPS) is 35.9. The summed E-state index contributed by atoms with van der Waals surface area (Å²) in [6.45, 7) is 22.1. The van der Waals surface area contributed by atoms with Gasteiger partial charge in [-0.05, 0) is 125 Å². The van der Waals surface area contributed by atoms with Crippen LogP contribution in [0, 0.1) is 45.3 Å². The Labute approximate surface area is 610 Å². The minimum absolute atomic E-state index is 0.0167. The van der Waals surface area contributed by atoms with Crippen LogP contribution >= 0.6 is 0 Å². The van der Waals surface area contributed by atoms with Gasteiger partial charge in [0.25, 0.3) is 0 Å². The fraction of sp³-hybridized carbons (Fsp3) is 0.575. The maximum Gasteiger partial charge on any atom is 0.338 e. The SMILES string of the molecule is C/C=C(\C)C(=O)N[C@@H](c1ccccc1)[C@@H](O)C(=O)O[C@H]1C[C@@]2(O)[C@@H](OC(=O)c3ccccc3)[C@@H]3[C@]4(OC(C)=O)CC[C@@H]4C[C@H](O)[C@@]3(C)C(=O)[C@H](OC(C)=O)C(=C1C)C2(C)C.CC(=O)O[C@H]1C[C@@]2(O)[C@@H](OC(=O)c3ccccc3)[C@@H]3[C@]4(OC(C)=O)CC[C@@H]4C[C@H](O)[C@@]3(C)[C@@H](O)[C@H](OC(C)=O)C(=C1C)C2(C)C. The van der Waals surface area contributed by atoms with Gasteiger partial charge in [0.05, 0.1) is 40.7 Å². The van der Waals surface area contributed by atoms with Crippen LogP contribution in [0.1, 0.15) is 188 Å². The van der Waals surface area contributed by atoms with Crippen LogP contribution in [0.3, 0.4) is 0 Å². The first-order chi connectivity index (χ1) is 49.1. The van der Waals surface area contributed by atoms with Gasteiger partial charge in [0.15, 0.2) is 24.1 Å². The lowest BCUT2D eigenvalue weighted by molar-refractivity contribution is -0.322. The Bertz CT molecular complexity index is 4030. The summed E-state index contributed by atoms with van der Waals surface area (Å²) in [5.41, 5.74) is -11.9. The van der Waals surface area contributed by atoms with E-state index < -0.39 is 195 Å². The maximum atomic E-state index is 15.5. The van der Waals surface area contributed by atoms with Gasteiger partial charge in [0, 0.05) is 87.0 Å². The molecule has 105 heavy (non-hydrogen) atoms. The van der Waals surface area contributed by atoms with E-state index in [1.54, 1.807) is 147 Å². The molecule has 3 aromatic rings. The Morgan fingerprint density at radius 2 is 0.971 bits per heavy atom. The summed E-state index contributed by atoms with van der Waals surface area (Å²) in [5.74, 6) is -11.2. The molecule has 6 saturated carbocycles. The van der Waals surface area contributed by atoms with E-state index in [-0.39, 0.29) is 59.4 Å². The van der Waals surface area contributed by atoms with E-state index in [1.807, 2.05) is 0 Å². The number of carbonyl (C=O) groups excluding carboxylic acids is 10. The van der Waals surface area contributed by atoms with Gasteiger partial charge in [0.2, 0.25) is 5.91 Å². The molecule has 8 aliphatic rings. The largest absolute Gasteiger partial charge is 0.458 e. The van der Waals surface area contributed by atoms with Gasteiger partial charge in [-0.1, -0.05) is 107 Å². The Kier molecular flexibility index (Phi) is 21.9. The molecular formula is C80H99NO24. The number of carbonyl (C=O) groups is 10. The lowest BCUT2D eigenvalue weighted by Crippen LogP contribution is -2.79. The van der Waals surface area contributed by atoms with E-state index in [0.29, 0.717) is 36.0 Å². The molecule has 0 unspecified atom stereocenters. The van der Waals surface area contributed by atoms with Gasteiger partial charge < -0.3 is 73.9 Å². The monoisotopic (exact) mass is 1460 g/mol. The number of ether oxygens (including phenoxy) is 8. The summed E-state index contributed by atoms with van der Waals surface area (Å²) in [6, 6.07) is 23.2. The van der Waals surface area contributed by atoms with Gasteiger partial charge in [0.1, 0.15) is 52.9 Å². The molecule has 0 heterocycles. The topological polar surface area (TPSA) is 378 Å². The predicted molar refractivity (Wildman–Crippen MR) is 373 cm³/mol. The highest BCUT2D eigenvalue weighted by molar-refractivity contribution is 5.96. The van der Waals surface area contributed by atoms with Crippen molar-refractivity contribution >= 4 is 59.4 Å². The molecule has 3 aromatic carbocycles. The van der Waals surface area contributed by atoms with E-state index >= 15 is 4.79 Å². The standard InChI is InChI=1S/C46H55NO13.C34H44O11/c1-9-24(2)40(53)47-34(28-16-12-10-13-17-28)35(51)42(55)58-31-23-46(56)39(59-41(54)29-18-14-11-15-19-29)37-44(8,32(50)22-30-20-21-45(30,37)60-27(5)49)38(52)36(57-26(4)48)33(25(31)3)43(46,6)7;1-17-23(42-18(2)35)16-34(41)29(44-30(40)21-11-9-8-10-12-21)27-32(7,24(38)15-22-13-14-33(22,27)45-20(4)37)28(39)26(43-19(3)36)25(17)31(34,5)6/h9-19,30-32,34-37,39,50-51,56H,20-23H2,1-8H3,(H,47,53);8-12,22-24,26-29,38-39,41H,13-16H2,1-7H3/b24-9+;/t30-,31+,32+,34+,35-,36-,37+,39+,44-,45+,46-;22-,23+,24+,26-,27+,28+,29+,32-,33+,34-/m11/s1. The Morgan fingerprint density at radius 3 is 1.42 bits per heavy atom. The van der Waals surface area contributed by atoms with Crippen LogP contribution in [0.25, 0.3) is 0 Å². The molecule has 25 heteroatoms. The molecule has 0 spiro atoms. The number of allylic oxidation sites excluding steroid dienone is 1. The van der Waals surface area contributed by atoms with Crippen LogP contribution < -0.4 is 5.32 Å². The zero-order valence-corrected chi connectivity index (χ0v) is 62.1. The molecule has 21 atom stereocenters. The molecule has 568 valence electrons. The lowest BCUT2D eigenvalue weighted by atomic mass is 9.40. The van der Waals surface area contributed by atoms with Crippen molar-refractivity contribution in [2.24, 2.45) is 45.3 Å². The molecule has 0 aromatic heterocycles. The van der Waals surface area contributed by atoms with Crippen LogP contribution in [-0.4, -0.2) is 174 Å². The Hall–Kier alpha value is -8.46. The molecular weight excluding hydrogens is 1360 g/mol. The number of aliphatic hydroxyl groups is 6. The summed E-state index contributed by atoms with van der Waals surface area (Å²) < 4.78 is 48.6. The second kappa shape index (κ2) is 29.0. The average Bonchev–Trinajstić information content (AvgIpc) is 0.674. The molecule has 0 aliphatic heterocycles. The highest BCUT2D eigenvalue weighted by Gasteiger charge is 2.80. The number of ketones is 1. The molecule has 6 fully saturated rings. The minimum atomic E-state index is -2.33. The van der Waals surface area contributed by atoms with Gasteiger partial charge in [-0.25, -0.2) is 14.4 Å². The Balaban J connectivity index is 0.000000234. The third-order valence-corrected chi connectivity index (χ3v) is 25.1. The van der Waals surface area contributed by atoms with Gasteiger partial charge in [-0.2, -0.15) is 0 Å². The predicted octanol–water partition coefficient (Wildman–Crippen LogP) is 7.43. The number of fused-ring (bicyclic) bond motifs is 10. The number of hydrogen-bond acceptors (Lipinski definition) is 24. The van der Waals surface area contributed by atoms with Crippen molar-refractivity contribution < 1.29 is 116 Å². The fourth-order valence-corrected chi connectivity index (χ4v) is 19.3. The van der Waals surface area contributed by atoms with Crippen LogP contribution in [0.5, 0.6) is 0 Å². The molecule has 8 aliphatic carbocycles. The van der Waals surface area contributed by atoms with Crippen molar-refractivity contribution in [3.63, 3.8) is 0 Å². The number of hydrogen-bond donors (Lipinski definition) is 7. The van der Waals surface area contributed by atoms with Gasteiger partial charge >= 0.3 is 47.8 Å². The second-order valence-electron chi connectivity index (χ2n) is 31.4. The fourth-order valence-electron chi connectivity index (χ4n) is 19.3. The van der Waals surface area contributed by atoms with Crippen molar-refractivity contribution in [2.45, 2.75) is 245 Å². The average molecular weight is 1460 g/mol. The molecule has 0 radical (unpaired) electrons. The van der Waals surface area contributed by atoms with Crippen LogP contribution in [0.4, 0.5) is 0 Å². The number of aliphatic hydroxyl groups excluding tert-OH is 4. The third kappa shape index (κ3) is 13.2. The Morgan fingerprint density at radius 1 is 0.543 bits per heavy atom. The van der Waals surface area contributed by atoms with E-state index in [1.165, 1.54) is 46.8 Å². The maximum absolute atomic E-state index is 15.5. The number of amides is 1. The summed E-state index contributed by atoms with van der Waals surface area (Å²) >= 11 is 0. The molecule has 7 N–H and O–H groups in total. The van der Waals surface area contributed by atoms with Crippen LogP contribution in [0.2, 0.25) is 0 Å².